The number of rotatable bonds is 6. The van der Waals surface area contributed by atoms with Crippen LogP contribution < -0.4 is 10.2 Å². The molecule has 150 valence electrons. The molecule has 1 N–H and O–H groups in total. The van der Waals surface area contributed by atoms with Crippen molar-refractivity contribution < 1.29 is 14.3 Å². The van der Waals surface area contributed by atoms with Crippen LogP contribution in [0.15, 0.2) is 28.3 Å². The molecule has 1 fully saturated rings. The van der Waals surface area contributed by atoms with Crippen molar-refractivity contribution in [3.8, 4) is 0 Å². The van der Waals surface area contributed by atoms with E-state index in [1.165, 1.54) is 11.3 Å². The van der Waals surface area contributed by atoms with Gasteiger partial charge in [0.1, 0.15) is 10.3 Å². The number of anilines is 2. The van der Waals surface area contributed by atoms with Crippen molar-refractivity contribution in [2.75, 3.05) is 43.0 Å². The van der Waals surface area contributed by atoms with Gasteiger partial charge in [0.2, 0.25) is 0 Å². The molecule has 0 saturated carbocycles. The lowest BCUT2D eigenvalue weighted by molar-refractivity contribution is 0.0987. The van der Waals surface area contributed by atoms with Gasteiger partial charge in [0.25, 0.3) is 5.91 Å². The topological polar surface area (TPSA) is 87.7 Å². The van der Waals surface area contributed by atoms with E-state index >= 15 is 0 Å². The fourth-order valence-corrected chi connectivity index (χ4v) is 3.86. The number of hydrogen-bond acceptors (Lipinski definition) is 7. The minimum atomic E-state index is -0.298. The number of ether oxygens (including phenoxy) is 1. The molecule has 3 heterocycles. The molecule has 0 bridgehead atoms. The highest BCUT2D eigenvalue weighted by molar-refractivity contribution is 9.10. The monoisotopic (exact) mass is 467 g/mol. The van der Waals surface area contributed by atoms with Gasteiger partial charge in [0.05, 0.1) is 18.5 Å². The number of aromatic nitrogens is 2. The Balaban J connectivity index is 1.50. The van der Waals surface area contributed by atoms with Crippen LogP contribution in [0.3, 0.4) is 0 Å². The molecule has 28 heavy (non-hydrogen) atoms. The van der Waals surface area contributed by atoms with Crippen LogP contribution in [0.1, 0.15) is 30.3 Å². The van der Waals surface area contributed by atoms with E-state index in [1.807, 2.05) is 6.07 Å². The summed E-state index contributed by atoms with van der Waals surface area (Å²) in [5.41, 5.74) is 1.25. The van der Waals surface area contributed by atoms with E-state index in [4.69, 9.17) is 4.74 Å². The lowest BCUT2D eigenvalue weighted by atomic mass is 10.2. The maximum atomic E-state index is 12.2. The van der Waals surface area contributed by atoms with Gasteiger partial charge in [-0.2, -0.15) is 0 Å². The van der Waals surface area contributed by atoms with Crippen molar-refractivity contribution in [3.63, 3.8) is 0 Å². The molecule has 0 radical (unpaired) electrons. The maximum Gasteiger partial charge on any atom is 0.409 e. The van der Waals surface area contributed by atoms with E-state index in [-0.39, 0.29) is 12.0 Å². The first-order valence-electron chi connectivity index (χ1n) is 9.12. The lowest BCUT2D eigenvalue weighted by Gasteiger charge is -2.35. The van der Waals surface area contributed by atoms with Crippen molar-refractivity contribution in [2.24, 2.45) is 0 Å². The summed E-state index contributed by atoms with van der Waals surface area (Å²) in [4.78, 5) is 36.5. The molecule has 1 aliphatic heterocycles. The summed E-state index contributed by atoms with van der Waals surface area (Å²) < 4.78 is 5.94. The largest absolute Gasteiger partial charge is 0.449 e. The molecule has 0 aromatic carbocycles. The SMILES string of the molecule is CCCCOC(=O)N1CCN(c2ccc(C(=O)Nc3nc(Br)cs3)nc2)CC1. The van der Waals surface area contributed by atoms with Gasteiger partial charge in [0, 0.05) is 31.6 Å². The minimum absolute atomic E-state index is 0.243. The highest BCUT2D eigenvalue weighted by atomic mass is 79.9. The number of nitrogens with one attached hydrogen (secondary N) is 1. The van der Waals surface area contributed by atoms with Crippen molar-refractivity contribution in [2.45, 2.75) is 19.8 Å². The number of thiazole rings is 1. The minimum Gasteiger partial charge on any atom is -0.449 e. The Morgan fingerprint density at radius 3 is 2.68 bits per heavy atom. The molecule has 0 atom stereocenters. The number of carbonyl (C=O) groups is 2. The standard InChI is InChI=1S/C18H22BrN5O3S/c1-2-3-10-27-18(26)24-8-6-23(7-9-24)13-4-5-14(20-11-13)16(25)22-17-21-15(19)12-28-17/h4-5,11-12H,2-3,6-10H2,1H3,(H,21,22,25). The van der Waals surface area contributed by atoms with Gasteiger partial charge in [-0.25, -0.2) is 14.8 Å². The van der Waals surface area contributed by atoms with Crippen molar-refractivity contribution in [1.29, 1.82) is 0 Å². The number of carbonyl (C=O) groups excluding carboxylic acids is 2. The van der Waals surface area contributed by atoms with Crippen LogP contribution in [-0.4, -0.2) is 59.7 Å². The molecule has 1 aliphatic rings. The van der Waals surface area contributed by atoms with Crippen molar-refractivity contribution >= 4 is 50.1 Å². The van der Waals surface area contributed by atoms with Gasteiger partial charge in [-0.15, -0.1) is 11.3 Å². The molecule has 10 heteroatoms. The normalized spacial score (nSPS) is 14.1. The lowest BCUT2D eigenvalue weighted by Crippen LogP contribution is -2.49. The van der Waals surface area contributed by atoms with Crippen LogP contribution >= 0.6 is 27.3 Å². The zero-order valence-corrected chi connectivity index (χ0v) is 18.0. The van der Waals surface area contributed by atoms with Gasteiger partial charge in [-0.1, -0.05) is 13.3 Å². The van der Waals surface area contributed by atoms with Crippen LogP contribution in [0.25, 0.3) is 0 Å². The third-order valence-electron chi connectivity index (χ3n) is 4.30. The summed E-state index contributed by atoms with van der Waals surface area (Å²) in [6.45, 7) is 5.14. The summed E-state index contributed by atoms with van der Waals surface area (Å²) >= 11 is 4.59. The first-order chi connectivity index (χ1) is 13.6. The summed E-state index contributed by atoms with van der Waals surface area (Å²) in [6, 6.07) is 3.56. The molecular formula is C18H22BrN5O3S. The van der Waals surface area contributed by atoms with E-state index in [0.717, 1.165) is 18.5 Å². The maximum absolute atomic E-state index is 12.2. The summed E-state index contributed by atoms with van der Waals surface area (Å²) in [5.74, 6) is -0.298. The fraction of sp³-hybridized carbons (Fsp3) is 0.444. The molecule has 0 aliphatic carbocycles. The highest BCUT2D eigenvalue weighted by Crippen LogP contribution is 2.20. The van der Waals surface area contributed by atoms with E-state index in [0.29, 0.717) is 48.2 Å². The average Bonchev–Trinajstić information content (AvgIpc) is 3.13. The fourth-order valence-electron chi connectivity index (χ4n) is 2.72. The highest BCUT2D eigenvalue weighted by Gasteiger charge is 2.22. The third kappa shape index (κ3) is 5.41. The third-order valence-corrected chi connectivity index (χ3v) is 5.77. The Bertz CT molecular complexity index is 806. The van der Waals surface area contributed by atoms with Crippen LogP contribution in [0, 0.1) is 0 Å². The average molecular weight is 468 g/mol. The van der Waals surface area contributed by atoms with Crippen molar-refractivity contribution in [3.05, 3.63) is 34.0 Å². The molecule has 0 unspecified atom stereocenters. The van der Waals surface area contributed by atoms with E-state index in [9.17, 15) is 9.59 Å². The van der Waals surface area contributed by atoms with Gasteiger partial charge in [0.15, 0.2) is 5.13 Å². The number of nitrogens with zero attached hydrogens (tertiary/aromatic N) is 4. The molecule has 2 aromatic rings. The second kappa shape index (κ2) is 9.83. The molecule has 1 saturated heterocycles. The Morgan fingerprint density at radius 1 is 1.29 bits per heavy atom. The second-order valence-corrected chi connectivity index (χ2v) is 7.94. The number of unbranched alkanes of at least 4 members (excludes halogenated alkanes) is 1. The van der Waals surface area contributed by atoms with Crippen LogP contribution in [0.2, 0.25) is 0 Å². The molecule has 2 amide bonds. The number of amides is 2. The number of hydrogen-bond donors (Lipinski definition) is 1. The van der Waals surface area contributed by atoms with Gasteiger partial charge >= 0.3 is 6.09 Å². The summed E-state index contributed by atoms with van der Waals surface area (Å²) in [6.07, 6.45) is 3.33. The Morgan fingerprint density at radius 2 is 2.07 bits per heavy atom. The molecule has 3 rings (SSSR count). The first kappa shape index (κ1) is 20.5. The molecule has 8 nitrogen and oxygen atoms in total. The van der Waals surface area contributed by atoms with Gasteiger partial charge in [-0.05, 0) is 34.5 Å². The number of piperazine rings is 1. The van der Waals surface area contributed by atoms with Crippen LogP contribution in [0.5, 0.6) is 0 Å². The van der Waals surface area contributed by atoms with Crippen molar-refractivity contribution in [1.82, 2.24) is 14.9 Å². The van der Waals surface area contributed by atoms with Gasteiger partial charge in [-0.3, -0.25) is 10.1 Å². The molecule has 0 spiro atoms. The van der Waals surface area contributed by atoms with E-state index < -0.39 is 0 Å². The van der Waals surface area contributed by atoms with E-state index in [1.54, 1.807) is 22.5 Å². The smallest absolute Gasteiger partial charge is 0.409 e. The zero-order chi connectivity index (χ0) is 19.9. The summed E-state index contributed by atoms with van der Waals surface area (Å²) in [5, 5.41) is 5.04. The van der Waals surface area contributed by atoms with Crippen LogP contribution in [-0.2, 0) is 4.74 Å². The number of pyridine rings is 1. The number of halogens is 1. The molecule has 2 aromatic heterocycles. The Hall–Kier alpha value is -2.20. The van der Waals surface area contributed by atoms with E-state index in [2.05, 4.69) is 43.0 Å². The molecular weight excluding hydrogens is 446 g/mol. The van der Waals surface area contributed by atoms with Gasteiger partial charge < -0.3 is 14.5 Å². The Kier molecular flexibility index (Phi) is 7.21. The summed E-state index contributed by atoms with van der Waals surface area (Å²) in [7, 11) is 0. The second-order valence-electron chi connectivity index (χ2n) is 6.27. The zero-order valence-electron chi connectivity index (χ0n) is 15.6. The van der Waals surface area contributed by atoms with Crippen LogP contribution in [0.4, 0.5) is 15.6 Å². The predicted molar refractivity (Wildman–Crippen MR) is 112 cm³/mol. The first-order valence-corrected chi connectivity index (χ1v) is 10.8. The Labute approximate surface area is 176 Å². The predicted octanol–water partition coefficient (Wildman–Crippen LogP) is 3.61. The quantitative estimate of drug-likeness (QED) is 0.652.